The Labute approximate surface area is 391 Å². The first-order valence-electron chi connectivity index (χ1n) is 23.0. The topological polar surface area (TPSA) is 56.5 Å². The van der Waals surface area contributed by atoms with Crippen molar-refractivity contribution >= 4 is 11.0 Å². The summed E-state index contributed by atoms with van der Waals surface area (Å²) in [4.78, 5) is 19.3. The van der Waals surface area contributed by atoms with Gasteiger partial charge < -0.3 is 0 Å². The van der Waals surface area contributed by atoms with Gasteiger partial charge in [-0.25, -0.2) is 4.98 Å². The third-order valence-electron chi connectivity index (χ3n) is 12.6. The lowest BCUT2D eigenvalue weighted by atomic mass is 9.95. The summed E-state index contributed by atoms with van der Waals surface area (Å²) in [6.45, 7) is 0. The normalized spacial score (nSPS) is 11.2. The summed E-state index contributed by atoms with van der Waals surface area (Å²) in [5.41, 5.74) is 20.1. The molecule has 0 radical (unpaired) electrons. The number of para-hydroxylation sites is 2. The van der Waals surface area contributed by atoms with Crippen LogP contribution in [0.2, 0.25) is 0 Å². The molecule has 0 aliphatic rings. The number of nitrogens with zero attached hydrogens (tertiary/aromatic N) is 5. The largest absolute Gasteiger partial charge is 0.292 e. The minimum absolute atomic E-state index is 0.889. The first kappa shape index (κ1) is 41.2. The number of aryl methyl sites for hydroxylation is 4. The Bertz CT molecular complexity index is 3300. The maximum Gasteiger partial charge on any atom is 0.145 e. The van der Waals surface area contributed by atoms with E-state index in [-0.39, 0.29) is 0 Å². The van der Waals surface area contributed by atoms with E-state index in [1.54, 1.807) is 0 Å². The van der Waals surface area contributed by atoms with Gasteiger partial charge in [0, 0.05) is 46.4 Å². The number of rotatable bonds is 13. The van der Waals surface area contributed by atoms with Gasteiger partial charge in [0.1, 0.15) is 5.82 Å². The molecule has 0 fully saturated rings. The molecule has 11 aromatic rings. The van der Waals surface area contributed by atoms with Crippen molar-refractivity contribution in [1.29, 1.82) is 0 Å². The van der Waals surface area contributed by atoms with Crippen LogP contribution in [0.5, 0.6) is 0 Å². The minimum atomic E-state index is 0.889. The van der Waals surface area contributed by atoms with Gasteiger partial charge in [-0.1, -0.05) is 146 Å². The molecule has 11 rings (SSSR count). The average molecular weight is 862 g/mol. The van der Waals surface area contributed by atoms with Gasteiger partial charge in [-0.3, -0.25) is 19.5 Å². The highest BCUT2D eigenvalue weighted by Gasteiger charge is 2.20. The predicted octanol–water partition coefficient (Wildman–Crippen LogP) is 14.8. The van der Waals surface area contributed by atoms with Crippen LogP contribution in [0.25, 0.3) is 84.1 Å². The molecule has 5 heteroatoms. The van der Waals surface area contributed by atoms with Crippen molar-refractivity contribution in [2.45, 2.75) is 25.7 Å². The summed E-state index contributed by atoms with van der Waals surface area (Å²) in [5, 5.41) is 0. The molecule has 0 amide bonds. The van der Waals surface area contributed by atoms with Crippen molar-refractivity contribution < 1.29 is 0 Å². The van der Waals surface area contributed by atoms with E-state index in [1.165, 1.54) is 33.4 Å². The van der Waals surface area contributed by atoms with Crippen molar-refractivity contribution in [2.24, 2.45) is 0 Å². The lowest BCUT2D eigenvalue weighted by molar-refractivity contribution is 0.929. The van der Waals surface area contributed by atoms with E-state index in [1.807, 2.05) is 55.0 Å². The summed E-state index contributed by atoms with van der Waals surface area (Å²) in [6, 6.07) is 77.8. The molecule has 0 saturated carbocycles. The van der Waals surface area contributed by atoms with Crippen LogP contribution in [0.3, 0.4) is 0 Å². The zero-order chi connectivity index (χ0) is 44.8. The van der Waals surface area contributed by atoms with E-state index in [2.05, 4.69) is 197 Å². The summed E-state index contributed by atoms with van der Waals surface area (Å²) >= 11 is 0. The van der Waals surface area contributed by atoms with Crippen LogP contribution in [0.1, 0.15) is 22.3 Å². The molecule has 4 aromatic heterocycles. The van der Waals surface area contributed by atoms with Gasteiger partial charge in [0.05, 0.1) is 33.8 Å². The molecule has 0 bridgehead atoms. The molecule has 0 aliphatic heterocycles. The van der Waals surface area contributed by atoms with E-state index in [0.29, 0.717) is 0 Å². The van der Waals surface area contributed by atoms with Gasteiger partial charge in [-0.05, 0) is 137 Å². The van der Waals surface area contributed by atoms with Crippen molar-refractivity contribution in [3.63, 3.8) is 0 Å². The Hall–Kier alpha value is -8.54. The molecule has 7 aromatic carbocycles. The Morgan fingerprint density at radius 2 is 0.776 bits per heavy atom. The minimum Gasteiger partial charge on any atom is -0.292 e. The van der Waals surface area contributed by atoms with Crippen molar-refractivity contribution in [2.75, 3.05) is 0 Å². The van der Waals surface area contributed by atoms with Gasteiger partial charge >= 0.3 is 0 Å². The third kappa shape index (κ3) is 9.09. The molecule has 0 aliphatic carbocycles. The van der Waals surface area contributed by atoms with E-state index in [9.17, 15) is 0 Å². The summed E-state index contributed by atoms with van der Waals surface area (Å²) < 4.78 is 2.37. The monoisotopic (exact) mass is 861 g/mol. The van der Waals surface area contributed by atoms with Gasteiger partial charge in [0.15, 0.2) is 0 Å². The fourth-order valence-electron chi connectivity index (χ4n) is 9.10. The van der Waals surface area contributed by atoms with E-state index < -0.39 is 0 Å². The number of hydrogen-bond donors (Lipinski definition) is 0. The molecule has 67 heavy (non-hydrogen) atoms. The fraction of sp³-hybridized carbons (Fsp3) is 0.0645. The average Bonchev–Trinajstić information content (AvgIpc) is 3.80. The van der Waals surface area contributed by atoms with Gasteiger partial charge in [0.25, 0.3) is 0 Å². The number of pyridine rings is 3. The Morgan fingerprint density at radius 3 is 1.34 bits per heavy atom. The zero-order valence-electron chi connectivity index (χ0n) is 37.1. The molecule has 0 saturated heterocycles. The summed E-state index contributed by atoms with van der Waals surface area (Å²) in [6.07, 6.45) is 9.16. The van der Waals surface area contributed by atoms with Crippen LogP contribution in [0, 0.1) is 0 Å². The van der Waals surface area contributed by atoms with Crippen LogP contribution in [0.15, 0.2) is 237 Å². The van der Waals surface area contributed by atoms with Crippen molar-refractivity contribution in [3.05, 3.63) is 259 Å². The van der Waals surface area contributed by atoms with Crippen LogP contribution >= 0.6 is 0 Å². The van der Waals surface area contributed by atoms with Crippen LogP contribution in [-0.4, -0.2) is 24.5 Å². The molecular weight excluding hydrogens is 815 g/mol. The van der Waals surface area contributed by atoms with Crippen molar-refractivity contribution in [1.82, 2.24) is 24.5 Å². The Kier molecular flexibility index (Phi) is 11.6. The highest BCUT2D eigenvalue weighted by Crippen LogP contribution is 2.38. The number of imidazole rings is 1. The SMILES string of the molecule is c1ccc(-c2ccc(-c3cc(-c4ccccn4)ccc3-n3c(-c4cc(CCc5ccc(-c6ccccn6)cc5)cc(CCc5ccc(-c6ccccn6)cc5)c4)nc4ccccc43)cc2)cc1. The van der Waals surface area contributed by atoms with E-state index in [4.69, 9.17) is 9.97 Å². The molecule has 0 N–H and O–H groups in total. The second-order valence-corrected chi connectivity index (χ2v) is 17.0. The highest BCUT2D eigenvalue weighted by atomic mass is 15.1. The standard InChI is InChI=1S/C62H47N5/c1-2-12-48(13-3-1)49-31-33-50(34-32-49)55-43-53(58-16-8-11-39-65-58)35-36-60(55)67-61-18-5-4-17-59(61)66-62(67)54-41-46(21-19-44-23-27-51(28-24-44)56-14-6-9-37-63-56)40-47(42-54)22-20-45-25-29-52(30-26-45)57-15-7-10-38-64-57/h1-18,23-43H,19-22H2. The van der Waals surface area contributed by atoms with Gasteiger partial charge in [0.2, 0.25) is 0 Å². The maximum atomic E-state index is 5.46. The predicted molar refractivity (Wildman–Crippen MR) is 275 cm³/mol. The number of fused-ring (bicyclic) bond motifs is 1. The second kappa shape index (κ2) is 18.9. The van der Waals surface area contributed by atoms with Gasteiger partial charge in [-0.2, -0.15) is 0 Å². The van der Waals surface area contributed by atoms with E-state index in [0.717, 1.165) is 98.7 Å². The van der Waals surface area contributed by atoms with Crippen LogP contribution < -0.4 is 0 Å². The highest BCUT2D eigenvalue weighted by molar-refractivity contribution is 5.88. The first-order valence-corrected chi connectivity index (χ1v) is 23.0. The second-order valence-electron chi connectivity index (χ2n) is 17.0. The zero-order valence-corrected chi connectivity index (χ0v) is 37.1. The smallest absolute Gasteiger partial charge is 0.145 e. The number of benzene rings is 7. The lowest BCUT2D eigenvalue weighted by Crippen LogP contribution is -2.03. The molecule has 0 unspecified atom stereocenters. The Balaban J connectivity index is 0.999. The lowest BCUT2D eigenvalue weighted by Gasteiger charge is -2.18. The molecule has 0 spiro atoms. The molecule has 0 atom stereocenters. The summed E-state index contributed by atoms with van der Waals surface area (Å²) in [5.74, 6) is 0.913. The maximum absolute atomic E-state index is 5.46. The molecule has 320 valence electrons. The molecule has 4 heterocycles. The van der Waals surface area contributed by atoms with E-state index >= 15 is 0 Å². The van der Waals surface area contributed by atoms with Crippen LogP contribution in [-0.2, 0) is 25.7 Å². The Morgan fingerprint density at radius 1 is 0.313 bits per heavy atom. The van der Waals surface area contributed by atoms with Crippen molar-refractivity contribution in [3.8, 4) is 73.1 Å². The molecule has 5 nitrogen and oxygen atoms in total. The first-order chi connectivity index (χ1) is 33.2. The fourth-order valence-corrected chi connectivity index (χ4v) is 9.10. The van der Waals surface area contributed by atoms with Crippen LogP contribution in [0.4, 0.5) is 0 Å². The number of hydrogen-bond acceptors (Lipinski definition) is 4. The quantitative estimate of drug-likeness (QED) is 0.116. The number of aromatic nitrogens is 5. The third-order valence-corrected chi connectivity index (χ3v) is 12.6. The van der Waals surface area contributed by atoms with Gasteiger partial charge in [-0.15, -0.1) is 0 Å². The molecular formula is C62H47N5. The summed E-state index contributed by atoms with van der Waals surface area (Å²) in [7, 11) is 0.